The van der Waals surface area contributed by atoms with E-state index >= 15 is 0 Å². The van der Waals surface area contributed by atoms with E-state index in [9.17, 15) is 9.59 Å². The lowest BCUT2D eigenvalue weighted by atomic mass is 10.3. The Morgan fingerprint density at radius 1 is 1.35 bits per heavy atom. The minimum Gasteiger partial charge on any atom is -0.342 e. The molecule has 1 aromatic rings. The third-order valence-corrected chi connectivity index (χ3v) is 3.97. The zero-order valence-corrected chi connectivity index (χ0v) is 13.3. The Kier molecular flexibility index (Phi) is 7.43. The Morgan fingerprint density at radius 3 is 2.70 bits per heavy atom. The van der Waals surface area contributed by atoms with E-state index in [0.717, 1.165) is 32.4 Å². The van der Waals surface area contributed by atoms with E-state index in [4.69, 9.17) is 0 Å². The number of nitrogens with one attached hydrogen (secondary N) is 1. The summed E-state index contributed by atoms with van der Waals surface area (Å²) in [6, 6.07) is 0. The van der Waals surface area contributed by atoms with E-state index in [1.165, 1.54) is 11.8 Å². The molecular formula is C13H24N4O2S. The van der Waals surface area contributed by atoms with Gasteiger partial charge < -0.3 is 4.90 Å². The lowest BCUT2D eigenvalue weighted by Gasteiger charge is -2.20. The minimum absolute atomic E-state index is 0.101. The SMILES string of the molecule is CCCCN(CC)C(=O)CSc1n[nH]c(=O)n1CCC. The van der Waals surface area contributed by atoms with Gasteiger partial charge in [-0.25, -0.2) is 9.89 Å². The molecule has 0 saturated heterocycles. The van der Waals surface area contributed by atoms with Crippen LogP contribution in [0.3, 0.4) is 0 Å². The molecule has 1 amide bonds. The molecule has 0 bridgehead atoms. The van der Waals surface area contributed by atoms with Gasteiger partial charge in [0.05, 0.1) is 5.75 Å². The number of amides is 1. The summed E-state index contributed by atoms with van der Waals surface area (Å²) in [6.07, 6.45) is 2.96. The molecule has 20 heavy (non-hydrogen) atoms. The number of H-pyrrole nitrogens is 1. The fourth-order valence-corrected chi connectivity index (χ4v) is 2.74. The number of aromatic nitrogens is 3. The molecule has 1 N–H and O–H groups in total. The first-order valence-corrected chi connectivity index (χ1v) is 8.18. The summed E-state index contributed by atoms with van der Waals surface area (Å²) in [7, 11) is 0. The van der Waals surface area contributed by atoms with Gasteiger partial charge in [-0.15, -0.1) is 5.10 Å². The van der Waals surface area contributed by atoms with Crippen molar-refractivity contribution in [1.82, 2.24) is 19.7 Å². The predicted molar refractivity (Wildman–Crippen MR) is 81.0 cm³/mol. The van der Waals surface area contributed by atoms with Crippen molar-refractivity contribution in [3.63, 3.8) is 0 Å². The fourth-order valence-electron chi connectivity index (χ4n) is 1.86. The van der Waals surface area contributed by atoms with Crippen LogP contribution in [-0.4, -0.2) is 44.4 Å². The van der Waals surface area contributed by atoms with E-state index in [-0.39, 0.29) is 11.6 Å². The maximum Gasteiger partial charge on any atom is 0.343 e. The fraction of sp³-hybridized carbons (Fsp3) is 0.769. The molecule has 114 valence electrons. The summed E-state index contributed by atoms with van der Waals surface area (Å²) in [6.45, 7) is 8.25. The highest BCUT2D eigenvalue weighted by atomic mass is 32.2. The van der Waals surface area contributed by atoms with Gasteiger partial charge in [-0.2, -0.15) is 0 Å². The normalized spacial score (nSPS) is 10.8. The van der Waals surface area contributed by atoms with Crippen LogP contribution in [0, 0.1) is 0 Å². The summed E-state index contributed by atoms with van der Waals surface area (Å²) in [5.74, 6) is 0.426. The van der Waals surface area contributed by atoms with Crippen molar-refractivity contribution in [3.8, 4) is 0 Å². The van der Waals surface area contributed by atoms with Crippen molar-refractivity contribution in [2.24, 2.45) is 0 Å². The van der Waals surface area contributed by atoms with Gasteiger partial charge in [0.25, 0.3) is 0 Å². The molecule has 0 aliphatic rings. The first-order chi connectivity index (χ1) is 9.63. The monoisotopic (exact) mass is 300 g/mol. The van der Waals surface area contributed by atoms with Crippen molar-refractivity contribution in [2.75, 3.05) is 18.8 Å². The molecule has 0 atom stereocenters. The van der Waals surface area contributed by atoms with E-state index in [1.54, 1.807) is 4.57 Å². The third kappa shape index (κ3) is 4.70. The summed E-state index contributed by atoms with van der Waals surface area (Å²) >= 11 is 1.32. The van der Waals surface area contributed by atoms with Gasteiger partial charge >= 0.3 is 5.69 Å². The molecule has 1 heterocycles. The van der Waals surface area contributed by atoms with Crippen LogP contribution in [0.1, 0.15) is 40.0 Å². The quantitative estimate of drug-likeness (QED) is 0.705. The molecule has 7 heteroatoms. The average molecular weight is 300 g/mol. The van der Waals surface area contributed by atoms with E-state index in [0.29, 0.717) is 17.5 Å². The molecule has 0 spiro atoms. The van der Waals surface area contributed by atoms with Crippen LogP contribution in [0.2, 0.25) is 0 Å². The third-order valence-electron chi connectivity index (χ3n) is 3.01. The minimum atomic E-state index is -0.208. The molecule has 1 rings (SSSR count). The number of rotatable bonds is 9. The van der Waals surface area contributed by atoms with Crippen LogP contribution in [-0.2, 0) is 11.3 Å². The molecule has 6 nitrogen and oxygen atoms in total. The molecule has 0 unspecified atom stereocenters. The molecule has 0 aromatic carbocycles. The van der Waals surface area contributed by atoms with E-state index in [2.05, 4.69) is 17.1 Å². The highest BCUT2D eigenvalue weighted by Gasteiger charge is 2.14. The van der Waals surface area contributed by atoms with Crippen molar-refractivity contribution in [1.29, 1.82) is 0 Å². The molecule has 0 saturated carbocycles. The number of hydrogen-bond donors (Lipinski definition) is 1. The van der Waals surface area contributed by atoms with Crippen LogP contribution in [0.5, 0.6) is 0 Å². The first kappa shape index (κ1) is 16.8. The second kappa shape index (κ2) is 8.84. The maximum atomic E-state index is 12.1. The van der Waals surface area contributed by atoms with Gasteiger partial charge in [0, 0.05) is 19.6 Å². The molecule has 0 fully saturated rings. The van der Waals surface area contributed by atoms with Gasteiger partial charge in [-0.05, 0) is 19.8 Å². The van der Waals surface area contributed by atoms with Crippen molar-refractivity contribution >= 4 is 17.7 Å². The van der Waals surface area contributed by atoms with Crippen LogP contribution in [0.25, 0.3) is 0 Å². The van der Waals surface area contributed by atoms with Crippen molar-refractivity contribution in [3.05, 3.63) is 10.5 Å². The largest absolute Gasteiger partial charge is 0.343 e. The summed E-state index contributed by atoms with van der Waals surface area (Å²) in [5, 5.41) is 7.00. The Morgan fingerprint density at radius 2 is 2.10 bits per heavy atom. The Balaban J connectivity index is 2.57. The summed E-state index contributed by atoms with van der Waals surface area (Å²) in [5.41, 5.74) is -0.208. The van der Waals surface area contributed by atoms with Gasteiger partial charge in [0.1, 0.15) is 0 Å². The zero-order chi connectivity index (χ0) is 15.0. The Labute approximate surface area is 123 Å². The molecule has 0 radical (unpaired) electrons. The van der Waals surface area contributed by atoms with Crippen LogP contribution in [0.4, 0.5) is 0 Å². The predicted octanol–water partition coefficient (Wildman–Crippen LogP) is 1.72. The standard InChI is InChI=1S/C13H24N4O2S/c1-4-7-9-16(6-3)11(18)10-20-13-15-14-12(19)17(13)8-5-2/h4-10H2,1-3H3,(H,14,19). The summed E-state index contributed by atoms with van der Waals surface area (Å²) < 4.78 is 1.58. The highest BCUT2D eigenvalue weighted by molar-refractivity contribution is 7.99. The smallest absolute Gasteiger partial charge is 0.342 e. The molecule has 0 aliphatic carbocycles. The molecule has 0 aliphatic heterocycles. The Bertz CT molecular complexity index is 469. The van der Waals surface area contributed by atoms with Gasteiger partial charge in [0.15, 0.2) is 5.16 Å². The number of carbonyl (C=O) groups excluding carboxylic acids is 1. The maximum absolute atomic E-state index is 12.1. The highest BCUT2D eigenvalue weighted by Crippen LogP contribution is 2.14. The van der Waals surface area contributed by atoms with Crippen LogP contribution >= 0.6 is 11.8 Å². The van der Waals surface area contributed by atoms with Gasteiger partial charge in [0.2, 0.25) is 5.91 Å². The molecule has 1 aromatic heterocycles. The van der Waals surface area contributed by atoms with Crippen molar-refractivity contribution in [2.45, 2.75) is 51.7 Å². The number of hydrogen-bond acceptors (Lipinski definition) is 4. The Hall–Kier alpha value is -1.24. The number of nitrogens with zero attached hydrogens (tertiary/aromatic N) is 3. The lowest BCUT2D eigenvalue weighted by molar-refractivity contribution is -0.128. The summed E-state index contributed by atoms with van der Waals surface area (Å²) in [4.78, 5) is 25.5. The number of thioether (sulfide) groups is 1. The van der Waals surface area contributed by atoms with Crippen molar-refractivity contribution < 1.29 is 4.79 Å². The van der Waals surface area contributed by atoms with E-state index < -0.39 is 0 Å². The second-order valence-electron chi connectivity index (χ2n) is 4.58. The zero-order valence-electron chi connectivity index (χ0n) is 12.5. The van der Waals surface area contributed by atoms with E-state index in [1.807, 2.05) is 18.7 Å². The van der Waals surface area contributed by atoms with Gasteiger partial charge in [-0.3, -0.25) is 9.36 Å². The second-order valence-corrected chi connectivity index (χ2v) is 5.52. The number of carbonyl (C=O) groups is 1. The first-order valence-electron chi connectivity index (χ1n) is 7.19. The average Bonchev–Trinajstić information content (AvgIpc) is 2.79. The number of aromatic amines is 1. The van der Waals surface area contributed by atoms with Crippen LogP contribution < -0.4 is 5.69 Å². The number of unbranched alkanes of at least 4 members (excludes halogenated alkanes) is 1. The van der Waals surface area contributed by atoms with Crippen LogP contribution in [0.15, 0.2) is 9.95 Å². The molecular weight excluding hydrogens is 276 g/mol. The topological polar surface area (TPSA) is 71.0 Å². The van der Waals surface area contributed by atoms with Gasteiger partial charge in [-0.1, -0.05) is 32.0 Å². The lowest BCUT2D eigenvalue weighted by Crippen LogP contribution is -2.33.